The fourth-order valence-electron chi connectivity index (χ4n) is 3.29. The van der Waals surface area contributed by atoms with Crippen LogP contribution in [0.3, 0.4) is 0 Å². The molecule has 1 saturated heterocycles. The summed E-state index contributed by atoms with van der Waals surface area (Å²) in [5, 5.41) is 3.28. The average Bonchev–Trinajstić information content (AvgIpc) is 2.59. The fraction of sp³-hybridized carbons (Fsp3) is 0.611. The van der Waals surface area contributed by atoms with Crippen molar-refractivity contribution >= 4 is 23.4 Å². The van der Waals surface area contributed by atoms with Crippen LogP contribution in [0.4, 0.5) is 0 Å². The summed E-state index contributed by atoms with van der Waals surface area (Å²) >= 11 is 5.88. The van der Waals surface area contributed by atoms with Crippen molar-refractivity contribution in [3.63, 3.8) is 0 Å². The first-order valence-electron chi connectivity index (χ1n) is 8.72. The first-order chi connectivity index (χ1) is 11.5. The van der Waals surface area contributed by atoms with Crippen LogP contribution in [0.5, 0.6) is 0 Å². The van der Waals surface area contributed by atoms with E-state index >= 15 is 0 Å². The molecule has 5 nitrogen and oxygen atoms in total. The van der Waals surface area contributed by atoms with Gasteiger partial charge in [-0.1, -0.05) is 31.9 Å². The lowest BCUT2D eigenvalue weighted by atomic mass is 9.81. The van der Waals surface area contributed by atoms with Crippen molar-refractivity contribution in [3.05, 3.63) is 29.0 Å². The van der Waals surface area contributed by atoms with Crippen LogP contribution < -0.4 is 5.32 Å². The third kappa shape index (κ3) is 4.94. The Labute approximate surface area is 148 Å². The first kappa shape index (κ1) is 18.7. The number of likely N-dealkylation sites (tertiary alicyclic amines) is 1. The average molecular weight is 352 g/mol. The Morgan fingerprint density at radius 2 is 2.17 bits per heavy atom. The van der Waals surface area contributed by atoms with E-state index in [9.17, 15) is 9.59 Å². The topological polar surface area (TPSA) is 62.3 Å². The van der Waals surface area contributed by atoms with Gasteiger partial charge in [-0.2, -0.15) is 0 Å². The quantitative estimate of drug-likeness (QED) is 0.801. The lowest BCUT2D eigenvalue weighted by molar-refractivity contribution is -0.122. The number of hydrogen-bond donors (Lipinski definition) is 1. The van der Waals surface area contributed by atoms with Crippen molar-refractivity contribution in [1.82, 2.24) is 15.2 Å². The maximum Gasteiger partial charge on any atom is 0.254 e. The molecule has 2 rings (SSSR count). The maximum absolute atomic E-state index is 12.6. The van der Waals surface area contributed by atoms with E-state index in [1.165, 1.54) is 0 Å². The molecular formula is C18H26ClN3O2. The summed E-state index contributed by atoms with van der Waals surface area (Å²) in [6.45, 7) is 6.28. The van der Waals surface area contributed by atoms with Gasteiger partial charge in [0.2, 0.25) is 5.91 Å². The number of pyridine rings is 1. The van der Waals surface area contributed by atoms with Crippen LogP contribution in [0.15, 0.2) is 18.3 Å². The van der Waals surface area contributed by atoms with Gasteiger partial charge < -0.3 is 10.2 Å². The van der Waals surface area contributed by atoms with Gasteiger partial charge in [-0.15, -0.1) is 0 Å². The van der Waals surface area contributed by atoms with Crippen molar-refractivity contribution < 1.29 is 9.59 Å². The van der Waals surface area contributed by atoms with E-state index in [1.54, 1.807) is 18.3 Å². The molecule has 0 aromatic carbocycles. The second-order valence-electron chi connectivity index (χ2n) is 6.39. The maximum atomic E-state index is 12.6. The zero-order valence-corrected chi connectivity index (χ0v) is 15.2. The molecule has 6 heteroatoms. The Bertz CT molecular complexity index is 579. The Morgan fingerprint density at radius 3 is 2.83 bits per heavy atom. The molecule has 0 bridgehead atoms. The van der Waals surface area contributed by atoms with E-state index in [0.717, 1.165) is 25.8 Å². The number of halogens is 1. The number of nitrogens with zero attached hydrogens (tertiary/aromatic N) is 2. The van der Waals surface area contributed by atoms with Crippen molar-refractivity contribution in [2.24, 2.45) is 11.8 Å². The van der Waals surface area contributed by atoms with E-state index in [-0.39, 0.29) is 11.8 Å². The molecule has 2 atom stereocenters. The zero-order valence-electron chi connectivity index (χ0n) is 14.4. The molecule has 0 unspecified atom stereocenters. The van der Waals surface area contributed by atoms with Crippen molar-refractivity contribution in [1.29, 1.82) is 0 Å². The summed E-state index contributed by atoms with van der Waals surface area (Å²) in [6, 6.07) is 3.30. The zero-order chi connectivity index (χ0) is 17.5. The van der Waals surface area contributed by atoms with E-state index in [2.05, 4.69) is 17.2 Å². The SMILES string of the molecule is CCCNC(=O)C[C@@H]1CCN(C(=O)c2ccnc(Cl)c2)C[C@@H]1CC. The predicted molar refractivity (Wildman–Crippen MR) is 95.0 cm³/mol. The van der Waals surface area contributed by atoms with Crippen molar-refractivity contribution in [3.8, 4) is 0 Å². The van der Waals surface area contributed by atoms with Gasteiger partial charge in [0.05, 0.1) is 0 Å². The second kappa shape index (κ2) is 9.02. The van der Waals surface area contributed by atoms with Gasteiger partial charge in [0.15, 0.2) is 0 Å². The van der Waals surface area contributed by atoms with Crippen LogP contribution in [-0.4, -0.2) is 41.3 Å². The standard InChI is InChI=1S/C18H26ClN3O2/c1-3-7-21-17(23)11-14-6-9-22(12-13(14)4-2)18(24)15-5-8-20-16(19)10-15/h5,8,10,13-14H,3-4,6-7,9,11-12H2,1-2H3,(H,21,23)/t13-,14-/m0/s1. The Balaban J connectivity index is 1.96. The molecule has 24 heavy (non-hydrogen) atoms. The molecule has 1 aliphatic rings. The van der Waals surface area contributed by atoms with Gasteiger partial charge in [-0.05, 0) is 36.8 Å². The number of rotatable bonds is 6. The summed E-state index contributed by atoms with van der Waals surface area (Å²) < 4.78 is 0. The van der Waals surface area contributed by atoms with Crippen LogP contribution >= 0.6 is 11.6 Å². The molecule has 1 aromatic rings. The summed E-state index contributed by atoms with van der Waals surface area (Å²) in [5.41, 5.74) is 0.573. The third-order valence-electron chi connectivity index (χ3n) is 4.70. The van der Waals surface area contributed by atoms with Crippen LogP contribution in [-0.2, 0) is 4.79 Å². The molecule has 0 radical (unpaired) electrons. The van der Waals surface area contributed by atoms with Crippen molar-refractivity contribution in [2.45, 2.75) is 39.5 Å². The van der Waals surface area contributed by atoms with Gasteiger partial charge >= 0.3 is 0 Å². The molecule has 2 heterocycles. The van der Waals surface area contributed by atoms with Gasteiger partial charge in [0.25, 0.3) is 5.91 Å². The predicted octanol–water partition coefficient (Wildman–Crippen LogP) is 3.14. The van der Waals surface area contributed by atoms with E-state index < -0.39 is 0 Å². The van der Waals surface area contributed by atoms with Crippen LogP contribution in [0.25, 0.3) is 0 Å². The van der Waals surface area contributed by atoms with Gasteiger partial charge in [-0.3, -0.25) is 9.59 Å². The molecule has 0 saturated carbocycles. The highest BCUT2D eigenvalue weighted by atomic mass is 35.5. The molecule has 1 aromatic heterocycles. The van der Waals surface area contributed by atoms with E-state index in [4.69, 9.17) is 11.6 Å². The molecule has 132 valence electrons. The molecule has 0 spiro atoms. The third-order valence-corrected chi connectivity index (χ3v) is 4.90. The number of hydrogen-bond acceptors (Lipinski definition) is 3. The lowest BCUT2D eigenvalue weighted by Crippen LogP contribution is -2.44. The first-order valence-corrected chi connectivity index (χ1v) is 9.10. The summed E-state index contributed by atoms with van der Waals surface area (Å²) in [5.74, 6) is 0.817. The van der Waals surface area contributed by atoms with Crippen LogP contribution in [0.2, 0.25) is 5.15 Å². The summed E-state index contributed by atoms with van der Waals surface area (Å²) in [7, 11) is 0. The summed E-state index contributed by atoms with van der Waals surface area (Å²) in [6.07, 6.45) is 4.89. The van der Waals surface area contributed by atoms with E-state index in [1.807, 2.05) is 11.8 Å². The molecule has 0 aliphatic carbocycles. The molecule has 1 fully saturated rings. The number of carbonyl (C=O) groups excluding carboxylic acids is 2. The largest absolute Gasteiger partial charge is 0.356 e. The van der Waals surface area contributed by atoms with Crippen molar-refractivity contribution in [2.75, 3.05) is 19.6 Å². The number of aromatic nitrogens is 1. The molecule has 1 aliphatic heterocycles. The van der Waals surface area contributed by atoms with Gasteiger partial charge in [-0.25, -0.2) is 4.98 Å². The summed E-state index contributed by atoms with van der Waals surface area (Å²) in [4.78, 5) is 30.4. The lowest BCUT2D eigenvalue weighted by Gasteiger charge is -2.38. The minimum atomic E-state index is -0.00775. The van der Waals surface area contributed by atoms with Crippen LogP contribution in [0, 0.1) is 11.8 Å². The molecule has 1 N–H and O–H groups in total. The highest BCUT2D eigenvalue weighted by Gasteiger charge is 2.32. The number of amides is 2. The fourth-order valence-corrected chi connectivity index (χ4v) is 3.46. The monoisotopic (exact) mass is 351 g/mol. The highest BCUT2D eigenvalue weighted by Crippen LogP contribution is 2.29. The minimum Gasteiger partial charge on any atom is -0.356 e. The normalized spacial score (nSPS) is 20.7. The van der Waals surface area contributed by atoms with Crippen LogP contribution in [0.1, 0.15) is 49.9 Å². The van der Waals surface area contributed by atoms with Gasteiger partial charge in [0, 0.05) is 37.8 Å². The Kier molecular flexibility index (Phi) is 7.03. The van der Waals surface area contributed by atoms with Gasteiger partial charge in [0.1, 0.15) is 5.15 Å². The molecular weight excluding hydrogens is 326 g/mol. The number of nitrogens with one attached hydrogen (secondary N) is 1. The number of piperidine rings is 1. The number of carbonyl (C=O) groups is 2. The molecule has 2 amide bonds. The minimum absolute atomic E-state index is 0.00775. The smallest absolute Gasteiger partial charge is 0.254 e. The van der Waals surface area contributed by atoms with E-state index in [0.29, 0.717) is 42.1 Å². The second-order valence-corrected chi connectivity index (χ2v) is 6.78. The Hall–Kier alpha value is -1.62. The highest BCUT2D eigenvalue weighted by molar-refractivity contribution is 6.29. The Morgan fingerprint density at radius 1 is 1.38 bits per heavy atom.